The van der Waals surface area contributed by atoms with Crippen LogP contribution in [0.5, 0.6) is 5.75 Å². The molecular formula is C21H24N4O2S. The Labute approximate surface area is 168 Å². The number of hydrogen-bond acceptors (Lipinski definition) is 5. The summed E-state index contributed by atoms with van der Waals surface area (Å²) in [4.78, 5) is 21.0. The summed E-state index contributed by atoms with van der Waals surface area (Å²) in [5.74, 6) is 0.287. The number of hydrogen-bond donors (Lipinski definition) is 2. The Kier molecular flexibility index (Phi) is 5.62. The number of thiazole rings is 1. The summed E-state index contributed by atoms with van der Waals surface area (Å²) in [6, 6.07) is 15.5. The van der Waals surface area contributed by atoms with Crippen LogP contribution in [-0.4, -0.2) is 53.7 Å². The summed E-state index contributed by atoms with van der Waals surface area (Å²) in [6.07, 6.45) is 1.75. The molecule has 0 saturated carbocycles. The standard InChI is InChI=1S/C21H24N4O2S/c26-18-8-3-2-7-17(18)24-12-14-25(15-13-24)21(27)22-11-5-10-20-23-16-6-1-4-9-19(16)28-20/h1-4,6-9,26H,5,10-15H2,(H,22,27). The van der Waals surface area contributed by atoms with Gasteiger partial charge in [0, 0.05) is 39.1 Å². The molecule has 6 nitrogen and oxygen atoms in total. The third-order valence-corrected chi connectivity index (χ3v) is 6.07. The van der Waals surface area contributed by atoms with Gasteiger partial charge in [-0.3, -0.25) is 0 Å². The van der Waals surface area contributed by atoms with Crippen LogP contribution < -0.4 is 10.2 Å². The molecule has 1 aromatic heterocycles. The van der Waals surface area contributed by atoms with Crippen molar-refractivity contribution < 1.29 is 9.90 Å². The highest BCUT2D eigenvalue weighted by atomic mass is 32.1. The number of fused-ring (bicyclic) bond motifs is 1. The molecular weight excluding hydrogens is 372 g/mol. The molecule has 1 fully saturated rings. The normalized spacial score (nSPS) is 14.4. The maximum atomic E-state index is 12.4. The number of nitrogens with one attached hydrogen (secondary N) is 1. The van der Waals surface area contributed by atoms with E-state index in [1.54, 1.807) is 17.4 Å². The summed E-state index contributed by atoms with van der Waals surface area (Å²) in [5.41, 5.74) is 1.88. The molecule has 4 rings (SSSR count). The summed E-state index contributed by atoms with van der Waals surface area (Å²) in [7, 11) is 0. The van der Waals surface area contributed by atoms with Gasteiger partial charge in [-0.2, -0.15) is 0 Å². The van der Waals surface area contributed by atoms with Crippen LogP contribution in [-0.2, 0) is 6.42 Å². The van der Waals surface area contributed by atoms with Crippen molar-refractivity contribution >= 4 is 33.3 Å². The summed E-state index contributed by atoms with van der Waals surface area (Å²) in [5, 5.41) is 14.1. The van der Waals surface area contributed by atoms with E-state index in [0.717, 1.165) is 42.1 Å². The van der Waals surface area contributed by atoms with Crippen molar-refractivity contribution in [1.82, 2.24) is 15.2 Å². The summed E-state index contributed by atoms with van der Waals surface area (Å²) < 4.78 is 1.21. The van der Waals surface area contributed by atoms with Crippen molar-refractivity contribution in [1.29, 1.82) is 0 Å². The molecule has 0 atom stereocenters. The molecule has 7 heteroatoms. The molecule has 146 valence electrons. The Morgan fingerprint density at radius 3 is 2.61 bits per heavy atom. The molecule has 1 saturated heterocycles. The van der Waals surface area contributed by atoms with Crippen molar-refractivity contribution in [2.75, 3.05) is 37.6 Å². The van der Waals surface area contributed by atoms with Crippen LogP contribution in [0.15, 0.2) is 48.5 Å². The number of phenolic OH excluding ortho intramolecular Hbond substituents is 1. The first-order valence-electron chi connectivity index (χ1n) is 9.61. The molecule has 3 aromatic rings. The Morgan fingerprint density at radius 2 is 1.82 bits per heavy atom. The molecule has 2 N–H and O–H groups in total. The third-order valence-electron chi connectivity index (χ3n) is 4.97. The Balaban J connectivity index is 1.20. The quantitative estimate of drug-likeness (QED) is 0.648. The van der Waals surface area contributed by atoms with E-state index in [4.69, 9.17) is 0 Å². The number of phenols is 1. The van der Waals surface area contributed by atoms with Crippen molar-refractivity contribution in [3.8, 4) is 5.75 Å². The fourth-order valence-electron chi connectivity index (χ4n) is 3.46. The molecule has 0 bridgehead atoms. The van der Waals surface area contributed by atoms with E-state index >= 15 is 0 Å². The zero-order valence-corrected chi connectivity index (χ0v) is 16.5. The van der Waals surface area contributed by atoms with Gasteiger partial charge < -0.3 is 20.2 Å². The lowest BCUT2D eigenvalue weighted by Gasteiger charge is -2.36. The molecule has 1 aliphatic heterocycles. The van der Waals surface area contributed by atoms with Crippen molar-refractivity contribution in [3.63, 3.8) is 0 Å². The minimum absolute atomic E-state index is 0.0127. The maximum absolute atomic E-state index is 12.4. The summed E-state index contributed by atoms with van der Waals surface area (Å²) >= 11 is 1.72. The first-order valence-corrected chi connectivity index (χ1v) is 10.4. The van der Waals surface area contributed by atoms with Gasteiger partial charge in [0.25, 0.3) is 0 Å². The maximum Gasteiger partial charge on any atom is 0.317 e. The number of rotatable bonds is 5. The van der Waals surface area contributed by atoms with Gasteiger partial charge in [0.15, 0.2) is 0 Å². The van der Waals surface area contributed by atoms with Crippen molar-refractivity contribution in [2.24, 2.45) is 0 Å². The van der Waals surface area contributed by atoms with Crippen molar-refractivity contribution in [2.45, 2.75) is 12.8 Å². The molecule has 2 heterocycles. The number of benzene rings is 2. The van der Waals surface area contributed by atoms with Crippen LogP contribution in [0, 0.1) is 0 Å². The first-order chi connectivity index (χ1) is 13.7. The molecule has 1 aliphatic rings. The number of nitrogens with zero attached hydrogens (tertiary/aromatic N) is 3. The number of carbonyl (C=O) groups excluding carboxylic acids is 1. The van der Waals surface area contributed by atoms with E-state index in [-0.39, 0.29) is 11.8 Å². The van der Waals surface area contributed by atoms with Crippen LogP contribution in [0.3, 0.4) is 0 Å². The highest BCUT2D eigenvalue weighted by Crippen LogP contribution is 2.27. The molecule has 0 aliphatic carbocycles. The summed E-state index contributed by atoms with van der Waals surface area (Å²) in [6.45, 7) is 3.39. The van der Waals surface area contributed by atoms with Gasteiger partial charge in [0.2, 0.25) is 0 Å². The van der Waals surface area contributed by atoms with E-state index < -0.39 is 0 Å². The van der Waals surface area contributed by atoms with Gasteiger partial charge in [-0.1, -0.05) is 24.3 Å². The zero-order chi connectivity index (χ0) is 19.3. The Hall–Kier alpha value is -2.80. The Morgan fingerprint density at radius 1 is 1.07 bits per heavy atom. The highest BCUT2D eigenvalue weighted by molar-refractivity contribution is 7.18. The molecule has 2 aromatic carbocycles. The van der Waals surface area contributed by atoms with Crippen molar-refractivity contribution in [3.05, 3.63) is 53.5 Å². The second-order valence-corrected chi connectivity index (χ2v) is 7.99. The first kappa shape index (κ1) is 18.6. The van der Waals surface area contributed by atoms with Crippen LogP contribution >= 0.6 is 11.3 Å². The average Bonchev–Trinajstić information content (AvgIpc) is 3.14. The van der Waals surface area contributed by atoms with E-state index in [1.165, 1.54) is 4.70 Å². The second kappa shape index (κ2) is 8.48. The van der Waals surface area contributed by atoms with Crippen LogP contribution in [0.4, 0.5) is 10.5 Å². The second-order valence-electron chi connectivity index (χ2n) is 6.87. The number of aromatic nitrogens is 1. The van der Waals surface area contributed by atoms with Gasteiger partial charge in [-0.25, -0.2) is 9.78 Å². The van der Waals surface area contributed by atoms with Gasteiger partial charge in [0.05, 0.1) is 20.9 Å². The lowest BCUT2D eigenvalue weighted by atomic mass is 10.2. The largest absolute Gasteiger partial charge is 0.506 e. The lowest BCUT2D eigenvalue weighted by Crippen LogP contribution is -2.52. The highest BCUT2D eigenvalue weighted by Gasteiger charge is 2.22. The SMILES string of the molecule is O=C(NCCCc1nc2ccccc2s1)N1CCN(c2ccccc2O)CC1. The van der Waals surface area contributed by atoms with E-state index in [0.29, 0.717) is 19.6 Å². The predicted molar refractivity (Wildman–Crippen MR) is 113 cm³/mol. The molecule has 2 amide bonds. The van der Waals surface area contributed by atoms with Gasteiger partial charge in [-0.05, 0) is 30.7 Å². The number of anilines is 1. The molecule has 0 unspecified atom stereocenters. The van der Waals surface area contributed by atoms with E-state index in [9.17, 15) is 9.90 Å². The topological polar surface area (TPSA) is 68.7 Å². The fraction of sp³-hybridized carbons (Fsp3) is 0.333. The lowest BCUT2D eigenvalue weighted by molar-refractivity contribution is 0.194. The number of piperazine rings is 1. The van der Waals surface area contributed by atoms with E-state index in [1.807, 2.05) is 41.3 Å². The van der Waals surface area contributed by atoms with Gasteiger partial charge in [-0.15, -0.1) is 11.3 Å². The zero-order valence-electron chi connectivity index (χ0n) is 15.7. The molecule has 28 heavy (non-hydrogen) atoms. The number of aryl methyl sites for hydroxylation is 1. The number of para-hydroxylation sites is 3. The van der Waals surface area contributed by atoms with Crippen LogP contribution in [0.2, 0.25) is 0 Å². The van der Waals surface area contributed by atoms with Crippen LogP contribution in [0.25, 0.3) is 10.2 Å². The third kappa shape index (κ3) is 4.20. The minimum Gasteiger partial charge on any atom is -0.506 e. The minimum atomic E-state index is -0.0127. The predicted octanol–water partition coefficient (Wildman–Crippen LogP) is 3.47. The van der Waals surface area contributed by atoms with Gasteiger partial charge >= 0.3 is 6.03 Å². The molecule has 0 radical (unpaired) electrons. The van der Waals surface area contributed by atoms with E-state index in [2.05, 4.69) is 21.3 Å². The number of urea groups is 1. The Bertz CT molecular complexity index is 917. The number of amides is 2. The van der Waals surface area contributed by atoms with Gasteiger partial charge in [0.1, 0.15) is 5.75 Å². The number of aromatic hydroxyl groups is 1. The average molecular weight is 397 g/mol. The smallest absolute Gasteiger partial charge is 0.317 e. The monoisotopic (exact) mass is 396 g/mol. The fourth-order valence-corrected chi connectivity index (χ4v) is 4.46. The molecule has 0 spiro atoms. The van der Waals surface area contributed by atoms with Crippen LogP contribution in [0.1, 0.15) is 11.4 Å². The number of carbonyl (C=O) groups is 1.